The summed E-state index contributed by atoms with van der Waals surface area (Å²) in [5.74, 6) is 0. The molecule has 2 unspecified atom stereocenters. The lowest BCUT2D eigenvalue weighted by molar-refractivity contribution is 0.0376. The second-order valence-corrected chi connectivity index (χ2v) is 7.55. The third kappa shape index (κ3) is 4.06. The van der Waals surface area contributed by atoms with Crippen molar-refractivity contribution in [2.24, 2.45) is 15.8 Å². The van der Waals surface area contributed by atoms with Crippen molar-refractivity contribution in [3.63, 3.8) is 0 Å². The van der Waals surface area contributed by atoms with E-state index in [4.69, 9.17) is 4.99 Å². The van der Waals surface area contributed by atoms with Crippen molar-refractivity contribution in [3.8, 4) is 0 Å². The Morgan fingerprint density at radius 3 is 2.17 bits per heavy atom. The minimum absolute atomic E-state index is 0.157. The van der Waals surface area contributed by atoms with E-state index in [1.54, 1.807) is 0 Å². The Morgan fingerprint density at radius 2 is 1.72 bits per heavy atom. The van der Waals surface area contributed by atoms with E-state index < -0.39 is 0 Å². The summed E-state index contributed by atoms with van der Waals surface area (Å²) in [4.78, 5) is 4.73. The van der Waals surface area contributed by atoms with E-state index in [0.717, 1.165) is 6.54 Å². The number of hydrogen-bond donors (Lipinski definition) is 1. The van der Waals surface area contributed by atoms with E-state index in [2.05, 4.69) is 65.1 Å². The Hall–Kier alpha value is -0.410. The number of unbranched alkanes of at least 4 members (excludes halogenated alkanes) is 1. The average Bonchev–Trinajstić information content (AvgIpc) is 2.23. The molecule has 18 heavy (non-hydrogen) atoms. The summed E-state index contributed by atoms with van der Waals surface area (Å²) < 4.78 is 0. The number of nitrogens with one attached hydrogen (secondary N) is 1. The lowest BCUT2D eigenvalue weighted by atomic mass is 9.85. The van der Waals surface area contributed by atoms with E-state index in [1.165, 1.54) is 12.8 Å². The van der Waals surface area contributed by atoms with Gasteiger partial charge in [-0.25, -0.2) is 10.4 Å². The fourth-order valence-corrected chi connectivity index (χ4v) is 2.16. The van der Waals surface area contributed by atoms with Crippen LogP contribution in [0.15, 0.2) is 4.99 Å². The van der Waals surface area contributed by atoms with Crippen molar-refractivity contribution in [2.45, 2.75) is 73.5 Å². The van der Waals surface area contributed by atoms with Crippen molar-refractivity contribution < 1.29 is 0 Å². The molecule has 0 fully saturated rings. The SMILES string of the molecule is CCCCN1NC(C(C)(C)C)N=CC1C(C)(C)C. The first-order chi connectivity index (χ1) is 8.16. The van der Waals surface area contributed by atoms with E-state index in [1.807, 2.05) is 0 Å². The van der Waals surface area contributed by atoms with Gasteiger partial charge >= 0.3 is 0 Å². The van der Waals surface area contributed by atoms with Crippen LogP contribution in [0.5, 0.6) is 0 Å². The lowest BCUT2D eigenvalue weighted by Gasteiger charge is -2.45. The number of nitrogens with zero attached hydrogens (tertiary/aromatic N) is 2. The van der Waals surface area contributed by atoms with Gasteiger partial charge in [-0.15, -0.1) is 0 Å². The van der Waals surface area contributed by atoms with E-state index >= 15 is 0 Å². The fourth-order valence-electron chi connectivity index (χ4n) is 2.16. The van der Waals surface area contributed by atoms with Gasteiger partial charge in [0.15, 0.2) is 0 Å². The summed E-state index contributed by atoms with van der Waals surface area (Å²) in [6.45, 7) is 16.9. The predicted octanol–water partition coefficient (Wildman–Crippen LogP) is 3.46. The second-order valence-electron chi connectivity index (χ2n) is 7.55. The van der Waals surface area contributed by atoms with Gasteiger partial charge in [-0.2, -0.15) is 0 Å². The molecule has 0 saturated carbocycles. The zero-order valence-electron chi connectivity index (χ0n) is 13.2. The van der Waals surface area contributed by atoms with E-state index in [9.17, 15) is 0 Å². The normalized spacial score (nSPS) is 26.6. The maximum atomic E-state index is 4.73. The van der Waals surface area contributed by atoms with Crippen molar-refractivity contribution in [1.82, 2.24) is 10.4 Å². The standard InChI is InChI=1S/C15H31N3/c1-8-9-10-18-12(14(2,3)4)11-16-13(17-18)15(5,6)7/h11-13,17H,8-10H2,1-7H3. The van der Waals surface area contributed by atoms with Gasteiger partial charge in [0.1, 0.15) is 6.17 Å². The van der Waals surface area contributed by atoms with Crippen LogP contribution in [0.2, 0.25) is 0 Å². The zero-order chi connectivity index (χ0) is 14.0. The molecule has 3 heteroatoms. The molecule has 0 aromatic heterocycles. The van der Waals surface area contributed by atoms with Crippen LogP contribution in [0.25, 0.3) is 0 Å². The maximum absolute atomic E-state index is 4.73. The molecular formula is C15H31N3. The number of aliphatic imine (C=N–C) groups is 1. The Morgan fingerprint density at radius 1 is 1.11 bits per heavy atom. The minimum atomic E-state index is 0.157. The monoisotopic (exact) mass is 253 g/mol. The quantitative estimate of drug-likeness (QED) is 0.834. The van der Waals surface area contributed by atoms with Crippen LogP contribution in [0.1, 0.15) is 61.3 Å². The molecule has 0 saturated heterocycles. The van der Waals surface area contributed by atoms with Crippen LogP contribution >= 0.6 is 0 Å². The first kappa shape index (κ1) is 15.6. The average molecular weight is 253 g/mol. The fraction of sp³-hybridized carbons (Fsp3) is 0.933. The summed E-state index contributed by atoms with van der Waals surface area (Å²) in [6.07, 6.45) is 4.80. The third-order valence-corrected chi connectivity index (χ3v) is 3.46. The highest BCUT2D eigenvalue weighted by molar-refractivity contribution is 5.66. The summed E-state index contributed by atoms with van der Waals surface area (Å²) >= 11 is 0. The maximum Gasteiger partial charge on any atom is 0.116 e. The highest BCUT2D eigenvalue weighted by Crippen LogP contribution is 2.28. The van der Waals surface area contributed by atoms with Crippen molar-refractivity contribution in [2.75, 3.05) is 6.54 Å². The molecule has 0 amide bonds. The topological polar surface area (TPSA) is 27.6 Å². The summed E-state index contributed by atoms with van der Waals surface area (Å²) in [6, 6.07) is 0.377. The molecule has 1 heterocycles. The van der Waals surface area contributed by atoms with Gasteiger partial charge in [-0.1, -0.05) is 54.9 Å². The van der Waals surface area contributed by atoms with Crippen molar-refractivity contribution in [3.05, 3.63) is 0 Å². The van der Waals surface area contributed by atoms with Crippen LogP contribution in [-0.2, 0) is 0 Å². The smallest absolute Gasteiger partial charge is 0.116 e. The van der Waals surface area contributed by atoms with Gasteiger partial charge in [0.25, 0.3) is 0 Å². The number of hydrazine groups is 1. The second kappa shape index (κ2) is 5.70. The Kier molecular flexibility index (Phi) is 4.96. The molecule has 0 bridgehead atoms. The van der Waals surface area contributed by atoms with E-state index in [-0.39, 0.29) is 17.0 Å². The van der Waals surface area contributed by atoms with Gasteiger partial charge in [0.2, 0.25) is 0 Å². The molecule has 1 aliphatic heterocycles. The molecule has 106 valence electrons. The van der Waals surface area contributed by atoms with Crippen molar-refractivity contribution >= 4 is 6.21 Å². The van der Waals surface area contributed by atoms with Crippen molar-refractivity contribution in [1.29, 1.82) is 0 Å². The highest BCUT2D eigenvalue weighted by Gasteiger charge is 2.36. The van der Waals surface area contributed by atoms with Gasteiger partial charge in [-0.05, 0) is 17.3 Å². The molecule has 0 radical (unpaired) electrons. The third-order valence-electron chi connectivity index (χ3n) is 3.46. The summed E-state index contributed by atoms with van der Waals surface area (Å²) in [5, 5.41) is 2.40. The number of hydrogen-bond acceptors (Lipinski definition) is 3. The van der Waals surface area contributed by atoms with Gasteiger partial charge in [-0.3, -0.25) is 4.99 Å². The zero-order valence-corrected chi connectivity index (χ0v) is 13.2. The highest BCUT2D eigenvalue weighted by atomic mass is 15.6. The molecule has 3 nitrogen and oxygen atoms in total. The summed E-state index contributed by atoms with van der Waals surface area (Å²) in [5.41, 5.74) is 3.99. The molecule has 1 aliphatic rings. The van der Waals surface area contributed by atoms with Crippen LogP contribution in [0.3, 0.4) is 0 Å². The summed E-state index contributed by atoms with van der Waals surface area (Å²) in [7, 11) is 0. The Balaban J connectivity index is 2.84. The van der Waals surface area contributed by atoms with Crippen LogP contribution in [0, 0.1) is 10.8 Å². The van der Waals surface area contributed by atoms with Gasteiger partial charge < -0.3 is 0 Å². The molecule has 0 aromatic rings. The molecule has 0 spiro atoms. The Bertz CT molecular complexity index is 283. The van der Waals surface area contributed by atoms with Crippen LogP contribution < -0.4 is 5.43 Å². The number of rotatable bonds is 3. The molecule has 2 atom stereocenters. The van der Waals surface area contributed by atoms with E-state index in [0.29, 0.717) is 6.04 Å². The Labute approximate surface area is 113 Å². The minimum Gasteiger partial charge on any atom is -0.275 e. The van der Waals surface area contributed by atoms with Gasteiger partial charge in [0, 0.05) is 12.8 Å². The first-order valence-corrected chi connectivity index (χ1v) is 7.22. The molecule has 1 rings (SSSR count). The molecule has 1 N–H and O–H groups in total. The molecular weight excluding hydrogens is 222 g/mol. The first-order valence-electron chi connectivity index (χ1n) is 7.22. The van der Waals surface area contributed by atoms with Crippen LogP contribution in [-0.4, -0.2) is 30.0 Å². The van der Waals surface area contributed by atoms with Gasteiger partial charge in [0.05, 0.1) is 6.04 Å². The predicted molar refractivity (Wildman–Crippen MR) is 79.7 cm³/mol. The van der Waals surface area contributed by atoms with Crippen LogP contribution in [0.4, 0.5) is 0 Å². The molecule has 0 aromatic carbocycles. The largest absolute Gasteiger partial charge is 0.275 e. The molecule has 0 aliphatic carbocycles. The lowest BCUT2D eigenvalue weighted by Crippen LogP contribution is -2.61.